The summed E-state index contributed by atoms with van der Waals surface area (Å²) < 4.78 is 0. The van der Waals surface area contributed by atoms with E-state index in [1.54, 1.807) is 0 Å². The Morgan fingerprint density at radius 3 is 2.00 bits per heavy atom. The van der Waals surface area contributed by atoms with Crippen molar-refractivity contribution in [3.63, 3.8) is 0 Å². The molecule has 0 aliphatic carbocycles. The number of aromatic nitrogens is 1. The van der Waals surface area contributed by atoms with Gasteiger partial charge in [-0.3, -0.25) is 19.3 Å². The molecule has 0 radical (unpaired) electrons. The zero-order valence-corrected chi connectivity index (χ0v) is 16.1. The van der Waals surface area contributed by atoms with E-state index in [1.165, 1.54) is 6.92 Å². The van der Waals surface area contributed by atoms with Crippen LogP contribution in [0.2, 0.25) is 0 Å². The summed E-state index contributed by atoms with van der Waals surface area (Å²) in [6.45, 7) is 13.5. The zero-order valence-electron chi connectivity index (χ0n) is 16.1. The Morgan fingerprint density at radius 2 is 1.56 bits per heavy atom. The lowest BCUT2D eigenvalue weighted by molar-refractivity contribution is -0.136. The van der Waals surface area contributed by atoms with Crippen molar-refractivity contribution in [1.29, 1.82) is 0 Å². The zero-order chi connectivity index (χ0) is 18.9. The molecule has 1 aliphatic rings. The summed E-state index contributed by atoms with van der Waals surface area (Å²) in [5, 5.41) is 0. The van der Waals surface area contributed by atoms with Gasteiger partial charge >= 0.3 is 0 Å². The van der Waals surface area contributed by atoms with Gasteiger partial charge in [0.1, 0.15) is 0 Å². The Hall–Kier alpha value is -1.95. The van der Waals surface area contributed by atoms with Crippen LogP contribution in [-0.4, -0.2) is 64.5 Å². The highest BCUT2D eigenvalue weighted by Crippen LogP contribution is 2.21. The average molecular weight is 347 g/mol. The van der Waals surface area contributed by atoms with Crippen molar-refractivity contribution in [3.8, 4) is 0 Å². The fraction of sp³-hybridized carbons (Fsp3) is 0.632. The molecular formula is C19H29N3O3. The summed E-state index contributed by atoms with van der Waals surface area (Å²) in [5.74, 6) is 0.135. The second-order valence-corrected chi connectivity index (χ2v) is 7.24. The van der Waals surface area contributed by atoms with Crippen molar-refractivity contribution in [2.45, 2.75) is 47.6 Å². The first-order valence-corrected chi connectivity index (χ1v) is 8.92. The standard InChI is InChI=1S/C19H29N3O3/c1-11(2)19(25)22-9-7-21(8-10-22)14(5)18(24)17-12(3)16(15(6)23)13(4)20-17/h11,14,20H,7-10H2,1-6H3/t14-/m0/s1. The molecule has 1 N–H and O–H groups in total. The molecule has 1 fully saturated rings. The van der Waals surface area contributed by atoms with E-state index in [2.05, 4.69) is 9.88 Å². The number of rotatable bonds is 5. The minimum Gasteiger partial charge on any atom is -0.355 e. The minimum atomic E-state index is -0.284. The maximum atomic E-state index is 12.9. The van der Waals surface area contributed by atoms with Crippen LogP contribution in [0.5, 0.6) is 0 Å². The molecule has 0 aromatic carbocycles. The van der Waals surface area contributed by atoms with E-state index >= 15 is 0 Å². The largest absolute Gasteiger partial charge is 0.355 e. The lowest BCUT2D eigenvalue weighted by atomic mass is 10.0. The Balaban J connectivity index is 2.08. The highest BCUT2D eigenvalue weighted by Gasteiger charge is 2.30. The molecule has 0 spiro atoms. The molecule has 1 aliphatic heterocycles. The molecule has 2 rings (SSSR count). The Kier molecular flexibility index (Phi) is 5.83. The number of Topliss-reactive ketones (excluding diaryl/α,β-unsaturated/α-hetero) is 2. The topological polar surface area (TPSA) is 73.5 Å². The number of nitrogens with zero attached hydrogens (tertiary/aromatic N) is 2. The molecule has 1 aromatic rings. The molecule has 6 nitrogen and oxygen atoms in total. The number of H-pyrrole nitrogens is 1. The number of aromatic amines is 1. The van der Waals surface area contributed by atoms with Gasteiger partial charge in [-0.25, -0.2) is 0 Å². The normalized spacial score (nSPS) is 17.0. The third kappa shape index (κ3) is 3.84. The fourth-order valence-electron chi connectivity index (χ4n) is 3.59. The van der Waals surface area contributed by atoms with Crippen molar-refractivity contribution in [3.05, 3.63) is 22.5 Å². The number of carbonyl (C=O) groups is 3. The number of piperazine rings is 1. The van der Waals surface area contributed by atoms with Crippen LogP contribution in [0.4, 0.5) is 0 Å². The summed E-state index contributed by atoms with van der Waals surface area (Å²) in [4.78, 5) is 43.8. The summed E-state index contributed by atoms with van der Waals surface area (Å²) >= 11 is 0. The minimum absolute atomic E-state index is 0.000140. The predicted octanol–water partition coefficient (Wildman–Crippen LogP) is 2.21. The summed E-state index contributed by atoms with van der Waals surface area (Å²) in [7, 11) is 0. The van der Waals surface area contributed by atoms with Gasteiger partial charge in [-0.05, 0) is 33.3 Å². The SMILES string of the molecule is CC(=O)c1c(C)[nH]c(C(=O)[C@H](C)N2CCN(C(=O)C(C)C)CC2)c1C. The van der Waals surface area contributed by atoms with E-state index in [0.29, 0.717) is 37.4 Å². The van der Waals surface area contributed by atoms with Crippen LogP contribution in [0.15, 0.2) is 0 Å². The molecule has 6 heteroatoms. The molecule has 0 saturated carbocycles. The van der Waals surface area contributed by atoms with Gasteiger partial charge in [0.05, 0.1) is 11.7 Å². The van der Waals surface area contributed by atoms with Crippen LogP contribution in [0.1, 0.15) is 59.8 Å². The molecule has 1 aromatic heterocycles. The van der Waals surface area contributed by atoms with E-state index in [1.807, 2.05) is 39.5 Å². The number of aryl methyl sites for hydroxylation is 1. The average Bonchev–Trinajstić information content (AvgIpc) is 2.87. The second-order valence-electron chi connectivity index (χ2n) is 7.24. The van der Waals surface area contributed by atoms with E-state index in [9.17, 15) is 14.4 Å². The molecule has 0 bridgehead atoms. The smallest absolute Gasteiger partial charge is 0.225 e. The molecule has 1 saturated heterocycles. The quantitative estimate of drug-likeness (QED) is 0.829. The Labute approximate surface area is 149 Å². The third-order valence-electron chi connectivity index (χ3n) is 5.08. The Bertz CT molecular complexity index is 682. The lowest BCUT2D eigenvalue weighted by Gasteiger charge is -2.38. The number of hydrogen-bond donors (Lipinski definition) is 1. The number of hydrogen-bond acceptors (Lipinski definition) is 4. The van der Waals surface area contributed by atoms with Crippen molar-refractivity contribution in [2.24, 2.45) is 5.92 Å². The first-order valence-electron chi connectivity index (χ1n) is 8.92. The van der Waals surface area contributed by atoms with E-state index in [-0.39, 0.29) is 29.4 Å². The summed E-state index contributed by atoms with van der Waals surface area (Å²) in [5.41, 5.74) is 2.61. The second kappa shape index (κ2) is 7.52. The van der Waals surface area contributed by atoms with E-state index in [0.717, 1.165) is 11.3 Å². The molecule has 1 amide bonds. The van der Waals surface area contributed by atoms with Crippen LogP contribution in [0, 0.1) is 19.8 Å². The van der Waals surface area contributed by atoms with Crippen molar-refractivity contribution in [1.82, 2.24) is 14.8 Å². The molecule has 0 unspecified atom stereocenters. The predicted molar refractivity (Wildman–Crippen MR) is 97.1 cm³/mol. The van der Waals surface area contributed by atoms with Crippen LogP contribution < -0.4 is 0 Å². The van der Waals surface area contributed by atoms with Gasteiger partial charge < -0.3 is 9.88 Å². The molecule has 138 valence electrons. The summed E-state index contributed by atoms with van der Waals surface area (Å²) in [6.07, 6.45) is 0. The maximum Gasteiger partial charge on any atom is 0.225 e. The van der Waals surface area contributed by atoms with Gasteiger partial charge in [0, 0.05) is 43.4 Å². The van der Waals surface area contributed by atoms with E-state index in [4.69, 9.17) is 0 Å². The monoisotopic (exact) mass is 347 g/mol. The fourth-order valence-corrected chi connectivity index (χ4v) is 3.59. The first-order chi connectivity index (χ1) is 11.6. The van der Waals surface area contributed by atoms with Crippen molar-refractivity contribution < 1.29 is 14.4 Å². The van der Waals surface area contributed by atoms with Gasteiger partial charge in [-0.1, -0.05) is 13.8 Å². The van der Waals surface area contributed by atoms with E-state index < -0.39 is 0 Å². The number of amides is 1. The molecule has 2 heterocycles. The number of nitrogens with one attached hydrogen (secondary N) is 1. The van der Waals surface area contributed by atoms with Gasteiger partial charge in [0.25, 0.3) is 0 Å². The van der Waals surface area contributed by atoms with Crippen molar-refractivity contribution in [2.75, 3.05) is 26.2 Å². The van der Waals surface area contributed by atoms with Gasteiger partial charge in [-0.15, -0.1) is 0 Å². The van der Waals surface area contributed by atoms with Crippen LogP contribution in [-0.2, 0) is 4.79 Å². The van der Waals surface area contributed by atoms with Crippen molar-refractivity contribution >= 4 is 17.5 Å². The molecular weight excluding hydrogens is 318 g/mol. The molecule has 25 heavy (non-hydrogen) atoms. The van der Waals surface area contributed by atoms with Crippen LogP contribution in [0.25, 0.3) is 0 Å². The van der Waals surface area contributed by atoms with Crippen LogP contribution in [0.3, 0.4) is 0 Å². The van der Waals surface area contributed by atoms with Gasteiger partial charge in [-0.2, -0.15) is 0 Å². The van der Waals surface area contributed by atoms with Crippen LogP contribution >= 0.6 is 0 Å². The van der Waals surface area contributed by atoms with Gasteiger partial charge in [0.2, 0.25) is 5.91 Å². The highest BCUT2D eigenvalue weighted by atomic mass is 16.2. The highest BCUT2D eigenvalue weighted by molar-refractivity contribution is 6.05. The summed E-state index contributed by atoms with van der Waals surface area (Å²) in [6, 6.07) is -0.284. The number of carbonyl (C=O) groups excluding carboxylic acids is 3. The lowest BCUT2D eigenvalue weighted by Crippen LogP contribution is -2.53. The third-order valence-corrected chi connectivity index (χ3v) is 5.08. The number of ketones is 2. The van der Waals surface area contributed by atoms with Gasteiger partial charge in [0.15, 0.2) is 11.6 Å². The Morgan fingerprint density at radius 1 is 1.00 bits per heavy atom. The maximum absolute atomic E-state index is 12.9. The molecule has 1 atom stereocenters. The first kappa shape index (κ1) is 19.4.